The second kappa shape index (κ2) is 8.20. The van der Waals surface area contributed by atoms with Gasteiger partial charge in [0.05, 0.1) is 12.8 Å². The van der Waals surface area contributed by atoms with E-state index in [1.807, 2.05) is 35.0 Å². The highest BCUT2D eigenvalue weighted by atomic mass is 19.1. The van der Waals surface area contributed by atoms with Gasteiger partial charge in [0.25, 0.3) is 0 Å². The van der Waals surface area contributed by atoms with Crippen LogP contribution in [0.5, 0.6) is 5.75 Å². The lowest BCUT2D eigenvalue weighted by atomic mass is 10.1. The summed E-state index contributed by atoms with van der Waals surface area (Å²) < 4.78 is 22.0. The molecular weight excluding hydrogens is 379 g/mol. The number of methoxy groups -OCH3 is 1. The Labute approximate surface area is 176 Å². The van der Waals surface area contributed by atoms with Crippen molar-refractivity contribution in [1.29, 1.82) is 0 Å². The summed E-state index contributed by atoms with van der Waals surface area (Å²) in [6.45, 7) is 5.23. The zero-order valence-electron chi connectivity index (χ0n) is 17.3. The fourth-order valence-corrected chi connectivity index (χ4v) is 4.72. The summed E-state index contributed by atoms with van der Waals surface area (Å²) >= 11 is 0. The number of rotatable bonds is 5. The SMILES string of the molecule is COc1ccc(-c2nn(-c3ccccc3)cc2CN2CCN3CCCC3C2)c(F)c1. The van der Waals surface area contributed by atoms with Gasteiger partial charge in [-0.1, -0.05) is 18.2 Å². The van der Waals surface area contributed by atoms with E-state index in [4.69, 9.17) is 9.84 Å². The molecule has 0 spiro atoms. The van der Waals surface area contributed by atoms with E-state index >= 15 is 0 Å². The first-order valence-corrected chi connectivity index (χ1v) is 10.7. The van der Waals surface area contributed by atoms with Crippen LogP contribution in [-0.4, -0.2) is 58.9 Å². The van der Waals surface area contributed by atoms with E-state index in [9.17, 15) is 4.39 Å². The van der Waals surface area contributed by atoms with E-state index in [-0.39, 0.29) is 5.82 Å². The number of hydrogen-bond acceptors (Lipinski definition) is 4. The van der Waals surface area contributed by atoms with Crippen molar-refractivity contribution in [2.75, 3.05) is 33.3 Å². The topological polar surface area (TPSA) is 33.5 Å². The van der Waals surface area contributed by atoms with Crippen molar-refractivity contribution in [1.82, 2.24) is 19.6 Å². The van der Waals surface area contributed by atoms with Crippen LogP contribution in [0, 0.1) is 5.82 Å². The summed E-state index contributed by atoms with van der Waals surface area (Å²) in [5.41, 5.74) is 3.24. The first-order valence-electron chi connectivity index (χ1n) is 10.7. The minimum Gasteiger partial charge on any atom is -0.497 e. The highest BCUT2D eigenvalue weighted by Crippen LogP contribution is 2.30. The van der Waals surface area contributed by atoms with Crippen LogP contribution in [0.3, 0.4) is 0 Å². The molecule has 156 valence electrons. The molecule has 2 saturated heterocycles. The summed E-state index contributed by atoms with van der Waals surface area (Å²) in [6.07, 6.45) is 4.63. The van der Waals surface area contributed by atoms with Crippen LogP contribution in [0.2, 0.25) is 0 Å². The number of aromatic nitrogens is 2. The third-order valence-corrected chi connectivity index (χ3v) is 6.31. The van der Waals surface area contributed by atoms with E-state index in [2.05, 4.69) is 16.0 Å². The highest BCUT2D eigenvalue weighted by Gasteiger charge is 2.31. The Kier molecular flexibility index (Phi) is 5.27. The first kappa shape index (κ1) is 19.3. The molecule has 0 saturated carbocycles. The molecule has 5 nitrogen and oxygen atoms in total. The average molecular weight is 407 g/mol. The molecule has 6 heteroatoms. The Bertz CT molecular complexity index is 1020. The lowest BCUT2D eigenvalue weighted by Crippen LogP contribution is -2.49. The molecule has 2 aliphatic heterocycles. The molecule has 0 radical (unpaired) electrons. The summed E-state index contributed by atoms with van der Waals surface area (Å²) in [6, 6.07) is 15.6. The summed E-state index contributed by atoms with van der Waals surface area (Å²) in [5.74, 6) is 0.201. The Balaban J connectivity index is 1.49. The number of nitrogens with zero attached hydrogens (tertiary/aromatic N) is 4. The van der Waals surface area contributed by atoms with Gasteiger partial charge in [-0.2, -0.15) is 5.10 Å². The normalized spacial score (nSPS) is 19.7. The number of fused-ring (bicyclic) bond motifs is 1. The maximum atomic E-state index is 14.9. The standard InChI is InChI=1S/C24H27FN4O/c1-30-21-9-10-22(23(25)14-21)24-18(16-29(26-24)19-6-3-2-4-7-19)15-27-12-13-28-11-5-8-20(28)17-27/h2-4,6-7,9-10,14,16,20H,5,8,11-13,15,17H2,1H3. The van der Waals surface area contributed by atoms with Crippen molar-refractivity contribution in [3.63, 3.8) is 0 Å². The molecule has 0 bridgehead atoms. The van der Waals surface area contributed by atoms with Crippen molar-refractivity contribution in [3.05, 3.63) is 66.1 Å². The summed E-state index contributed by atoms with van der Waals surface area (Å²) in [7, 11) is 1.55. The fourth-order valence-electron chi connectivity index (χ4n) is 4.72. The maximum absolute atomic E-state index is 14.9. The third kappa shape index (κ3) is 3.73. The lowest BCUT2D eigenvalue weighted by molar-refractivity contribution is 0.0995. The van der Waals surface area contributed by atoms with E-state index in [0.29, 0.717) is 23.0 Å². The van der Waals surface area contributed by atoms with Crippen LogP contribution in [-0.2, 0) is 6.54 Å². The van der Waals surface area contributed by atoms with Crippen LogP contribution < -0.4 is 4.74 Å². The van der Waals surface area contributed by atoms with Crippen molar-refractivity contribution in [2.45, 2.75) is 25.4 Å². The number of benzene rings is 2. The maximum Gasteiger partial charge on any atom is 0.136 e. The van der Waals surface area contributed by atoms with E-state index in [1.165, 1.54) is 25.5 Å². The molecule has 5 rings (SSSR count). The van der Waals surface area contributed by atoms with E-state index in [0.717, 1.165) is 37.4 Å². The summed E-state index contributed by atoms with van der Waals surface area (Å²) in [5, 5.41) is 4.80. The monoisotopic (exact) mass is 406 g/mol. The van der Waals surface area contributed by atoms with E-state index < -0.39 is 0 Å². The van der Waals surface area contributed by atoms with Gasteiger partial charge in [-0.05, 0) is 43.7 Å². The highest BCUT2D eigenvalue weighted by molar-refractivity contribution is 5.65. The molecule has 0 N–H and O–H groups in total. The molecule has 30 heavy (non-hydrogen) atoms. The van der Waals surface area contributed by atoms with E-state index in [1.54, 1.807) is 19.2 Å². The quantitative estimate of drug-likeness (QED) is 0.642. The molecule has 2 aliphatic rings. The molecule has 0 amide bonds. The number of para-hydroxylation sites is 1. The van der Waals surface area contributed by atoms with Crippen molar-refractivity contribution in [2.24, 2.45) is 0 Å². The predicted molar refractivity (Wildman–Crippen MR) is 115 cm³/mol. The minimum atomic E-state index is -0.311. The molecule has 3 aromatic rings. The largest absolute Gasteiger partial charge is 0.497 e. The molecule has 1 atom stereocenters. The van der Waals surface area contributed by atoms with Gasteiger partial charge in [0.15, 0.2) is 0 Å². The van der Waals surface area contributed by atoms with Crippen LogP contribution in [0.1, 0.15) is 18.4 Å². The number of ether oxygens (including phenoxy) is 1. The second-order valence-electron chi connectivity index (χ2n) is 8.20. The molecule has 1 aromatic heterocycles. The van der Waals surface area contributed by atoms with Crippen molar-refractivity contribution < 1.29 is 9.13 Å². The fraction of sp³-hybridized carbons (Fsp3) is 0.375. The van der Waals surface area contributed by atoms with Gasteiger partial charge in [0.2, 0.25) is 0 Å². The Morgan fingerprint density at radius 1 is 1.10 bits per heavy atom. The predicted octanol–water partition coefficient (Wildman–Crippen LogP) is 3.97. The van der Waals surface area contributed by atoms with Gasteiger partial charge in [0.1, 0.15) is 17.3 Å². The first-order chi connectivity index (χ1) is 14.7. The molecular formula is C24H27FN4O. The summed E-state index contributed by atoms with van der Waals surface area (Å²) in [4.78, 5) is 5.09. The zero-order chi connectivity index (χ0) is 20.5. The van der Waals surface area contributed by atoms with Crippen LogP contribution in [0.25, 0.3) is 16.9 Å². The average Bonchev–Trinajstić information content (AvgIpc) is 3.41. The molecule has 2 aromatic carbocycles. The van der Waals surface area contributed by atoms with Gasteiger partial charge >= 0.3 is 0 Å². The Morgan fingerprint density at radius 2 is 1.97 bits per heavy atom. The van der Waals surface area contributed by atoms with Crippen molar-refractivity contribution in [3.8, 4) is 22.7 Å². The number of piperazine rings is 1. The van der Waals surface area contributed by atoms with Gasteiger partial charge < -0.3 is 4.74 Å². The van der Waals surface area contributed by atoms with Gasteiger partial charge in [-0.25, -0.2) is 9.07 Å². The Morgan fingerprint density at radius 3 is 2.77 bits per heavy atom. The molecule has 0 aliphatic carbocycles. The van der Waals surface area contributed by atoms with Gasteiger partial charge in [0, 0.05) is 55.6 Å². The van der Waals surface area contributed by atoms with Crippen LogP contribution >= 0.6 is 0 Å². The van der Waals surface area contributed by atoms with Gasteiger partial charge in [-0.15, -0.1) is 0 Å². The molecule has 3 heterocycles. The third-order valence-electron chi connectivity index (χ3n) is 6.31. The number of hydrogen-bond donors (Lipinski definition) is 0. The molecule has 1 unspecified atom stereocenters. The van der Waals surface area contributed by atoms with Crippen LogP contribution in [0.15, 0.2) is 54.7 Å². The van der Waals surface area contributed by atoms with Crippen molar-refractivity contribution >= 4 is 0 Å². The zero-order valence-corrected chi connectivity index (χ0v) is 17.3. The van der Waals surface area contributed by atoms with Gasteiger partial charge in [-0.3, -0.25) is 9.80 Å². The smallest absolute Gasteiger partial charge is 0.136 e. The lowest BCUT2D eigenvalue weighted by Gasteiger charge is -2.37. The Hall–Kier alpha value is -2.70. The van der Waals surface area contributed by atoms with Crippen LogP contribution in [0.4, 0.5) is 4.39 Å². The second-order valence-corrected chi connectivity index (χ2v) is 8.20. The number of halogens is 1. The minimum absolute atomic E-state index is 0.311. The molecule has 2 fully saturated rings.